The molecular formula is C38H48N6O6. The summed E-state index contributed by atoms with van der Waals surface area (Å²) in [4.78, 5) is 72.9. The zero-order chi connectivity index (χ0) is 36.0. The lowest BCUT2D eigenvalue weighted by molar-refractivity contribution is -0.154. The number of benzene rings is 2. The summed E-state index contributed by atoms with van der Waals surface area (Å²) in [5.41, 5.74) is 6.30. The number of carbonyl (C=O) groups excluding carboxylic acids is 5. The van der Waals surface area contributed by atoms with Crippen LogP contribution in [0.5, 0.6) is 0 Å². The predicted octanol–water partition coefficient (Wildman–Crippen LogP) is 2.62. The number of piperidine rings is 1. The van der Waals surface area contributed by atoms with E-state index in [2.05, 4.69) is 20.9 Å². The van der Waals surface area contributed by atoms with Gasteiger partial charge in [0.15, 0.2) is 6.10 Å². The van der Waals surface area contributed by atoms with Gasteiger partial charge in [0.05, 0.1) is 18.0 Å². The molecule has 1 aliphatic heterocycles. The number of hydrogen-bond donors (Lipinski definition) is 5. The van der Waals surface area contributed by atoms with E-state index in [0.717, 1.165) is 36.6 Å². The molecule has 6 N–H and O–H groups in total. The Labute approximate surface area is 292 Å². The summed E-state index contributed by atoms with van der Waals surface area (Å²) in [5, 5.41) is 20.9. The van der Waals surface area contributed by atoms with Crippen molar-refractivity contribution < 1.29 is 29.1 Å². The summed E-state index contributed by atoms with van der Waals surface area (Å²) in [5.74, 6) is -2.78. The van der Waals surface area contributed by atoms with Gasteiger partial charge in [0.2, 0.25) is 17.7 Å². The highest BCUT2D eigenvalue weighted by atomic mass is 16.3. The van der Waals surface area contributed by atoms with Crippen molar-refractivity contribution in [3.63, 3.8) is 0 Å². The van der Waals surface area contributed by atoms with Crippen molar-refractivity contribution in [1.82, 2.24) is 25.8 Å². The topological polar surface area (TPSA) is 184 Å². The minimum Gasteiger partial charge on any atom is -0.381 e. The van der Waals surface area contributed by atoms with Gasteiger partial charge < -0.3 is 31.7 Å². The Morgan fingerprint density at radius 2 is 1.60 bits per heavy atom. The Balaban J connectivity index is 1.39. The number of para-hydroxylation sites is 1. The zero-order valence-electron chi connectivity index (χ0n) is 28.9. The average Bonchev–Trinajstić information content (AvgIpc) is 3.09. The maximum Gasteiger partial charge on any atom is 0.270 e. The van der Waals surface area contributed by atoms with Gasteiger partial charge in [0, 0.05) is 17.5 Å². The van der Waals surface area contributed by atoms with E-state index >= 15 is 0 Å². The Kier molecular flexibility index (Phi) is 11.5. The van der Waals surface area contributed by atoms with Gasteiger partial charge in [-0.2, -0.15) is 0 Å². The second-order valence-electron chi connectivity index (χ2n) is 14.6. The number of aliphatic hydroxyl groups excluding tert-OH is 1. The van der Waals surface area contributed by atoms with Gasteiger partial charge >= 0.3 is 0 Å². The number of rotatable bonds is 11. The molecule has 6 atom stereocenters. The number of pyridine rings is 1. The maximum absolute atomic E-state index is 14.3. The molecule has 2 heterocycles. The van der Waals surface area contributed by atoms with Crippen LogP contribution in [0.3, 0.4) is 0 Å². The van der Waals surface area contributed by atoms with E-state index in [1.807, 2.05) is 39.0 Å². The van der Waals surface area contributed by atoms with E-state index in [1.54, 1.807) is 42.5 Å². The largest absolute Gasteiger partial charge is 0.381 e. The van der Waals surface area contributed by atoms with Gasteiger partial charge in [-0.05, 0) is 69.6 Å². The van der Waals surface area contributed by atoms with Crippen LogP contribution in [-0.2, 0) is 25.6 Å². The van der Waals surface area contributed by atoms with Crippen molar-refractivity contribution in [3.05, 3.63) is 78.0 Å². The number of nitrogens with two attached hydrogens (primary N) is 1. The van der Waals surface area contributed by atoms with Gasteiger partial charge in [-0.15, -0.1) is 0 Å². The molecule has 1 saturated carbocycles. The van der Waals surface area contributed by atoms with Crippen molar-refractivity contribution in [1.29, 1.82) is 0 Å². The normalized spacial score (nSPS) is 20.9. The first-order valence-electron chi connectivity index (χ1n) is 17.4. The number of likely N-dealkylation sites (tertiary alicyclic amines) is 1. The van der Waals surface area contributed by atoms with E-state index in [1.165, 1.54) is 11.0 Å². The Bertz CT molecular complexity index is 1710. The second-order valence-corrected chi connectivity index (χ2v) is 14.6. The fourth-order valence-electron chi connectivity index (χ4n) is 7.14. The molecule has 2 fully saturated rings. The molecule has 1 aromatic heterocycles. The lowest BCUT2D eigenvalue weighted by Gasteiger charge is -2.47. The molecule has 1 aliphatic carbocycles. The van der Waals surface area contributed by atoms with Crippen LogP contribution in [-0.4, -0.2) is 80.8 Å². The van der Waals surface area contributed by atoms with Crippen LogP contribution in [0, 0.1) is 11.8 Å². The number of nitrogens with one attached hydrogen (secondary N) is 3. The van der Waals surface area contributed by atoms with Crippen molar-refractivity contribution >= 4 is 40.4 Å². The first-order valence-corrected chi connectivity index (χ1v) is 17.4. The minimum absolute atomic E-state index is 0.0349. The molecule has 2 aromatic carbocycles. The molecule has 5 amide bonds. The quantitative estimate of drug-likeness (QED) is 0.206. The number of fused-ring (bicyclic) bond motifs is 2. The number of carbonyl (C=O) groups is 5. The molecule has 1 saturated heterocycles. The van der Waals surface area contributed by atoms with Crippen molar-refractivity contribution in [2.45, 2.75) is 95.5 Å². The maximum atomic E-state index is 14.3. The molecule has 0 radical (unpaired) electrons. The SMILES string of the molecule is CC(C)(C)NC(=O)[C@@H]1C[C@H]2CCCC[C@H]2CN1C(=O)[C@@H](O)[C@H](Cc1ccccc1)NC(=O)[C@H](CC(N)=O)NC(=O)c1ccc2ccccc2n1. The van der Waals surface area contributed by atoms with Crippen LogP contribution in [0.25, 0.3) is 10.9 Å². The molecule has 0 bridgehead atoms. The Morgan fingerprint density at radius 3 is 2.30 bits per heavy atom. The monoisotopic (exact) mass is 684 g/mol. The van der Waals surface area contributed by atoms with Gasteiger partial charge in [-0.25, -0.2) is 4.98 Å². The lowest BCUT2D eigenvalue weighted by Crippen LogP contribution is -2.63. The highest BCUT2D eigenvalue weighted by Gasteiger charge is 2.45. The first kappa shape index (κ1) is 36.4. The van der Waals surface area contributed by atoms with Crippen molar-refractivity contribution in [3.8, 4) is 0 Å². The van der Waals surface area contributed by atoms with Crippen LogP contribution in [0.1, 0.15) is 75.3 Å². The van der Waals surface area contributed by atoms with E-state index in [0.29, 0.717) is 24.4 Å². The summed E-state index contributed by atoms with van der Waals surface area (Å²) in [6.07, 6.45) is 2.33. The third-order valence-electron chi connectivity index (χ3n) is 9.60. The third kappa shape index (κ3) is 9.23. The molecular weight excluding hydrogens is 636 g/mol. The molecule has 12 heteroatoms. The molecule has 2 aliphatic rings. The fourth-order valence-corrected chi connectivity index (χ4v) is 7.14. The molecule has 0 spiro atoms. The average molecular weight is 685 g/mol. The van der Waals surface area contributed by atoms with Crippen LogP contribution in [0.15, 0.2) is 66.7 Å². The van der Waals surface area contributed by atoms with Crippen molar-refractivity contribution in [2.75, 3.05) is 6.54 Å². The molecule has 0 unspecified atom stereocenters. The van der Waals surface area contributed by atoms with Crippen LogP contribution in [0.4, 0.5) is 0 Å². The van der Waals surface area contributed by atoms with E-state index in [9.17, 15) is 29.1 Å². The van der Waals surface area contributed by atoms with Gasteiger partial charge in [-0.3, -0.25) is 24.0 Å². The summed E-state index contributed by atoms with van der Waals surface area (Å²) < 4.78 is 0. The van der Waals surface area contributed by atoms with Gasteiger partial charge in [0.1, 0.15) is 17.8 Å². The molecule has 5 rings (SSSR count). The number of hydrogen-bond acceptors (Lipinski definition) is 7. The summed E-state index contributed by atoms with van der Waals surface area (Å²) in [7, 11) is 0. The van der Waals surface area contributed by atoms with Crippen LogP contribution < -0.4 is 21.7 Å². The van der Waals surface area contributed by atoms with E-state index in [-0.39, 0.29) is 23.9 Å². The second kappa shape index (κ2) is 15.8. The number of amides is 5. The summed E-state index contributed by atoms with van der Waals surface area (Å²) >= 11 is 0. The van der Waals surface area contributed by atoms with E-state index in [4.69, 9.17) is 5.73 Å². The number of nitrogens with zero attached hydrogens (tertiary/aromatic N) is 2. The molecule has 266 valence electrons. The molecule has 3 aromatic rings. The fraction of sp³-hybridized carbons (Fsp3) is 0.474. The van der Waals surface area contributed by atoms with Crippen LogP contribution in [0.2, 0.25) is 0 Å². The highest BCUT2D eigenvalue weighted by molar-refractivity contribution is 5.99. The summed E-state index contributed by atoms with van der Waals surface area (Å²) in [6.45, 7) is 5.95. The molecule has 12 nitrogen and oxygen atoms in total. The lowest BCUT2D eigenvalue weighted by atomic mass is 9.72. The first-order chi connectivity index (χ1) is 23.8. The number of aromatic nitrogens is 1. The summed E-state index contributed by atoms with van der Waals surface area (Å²) in [6, 6.07) is 16.1. The standard InChI is InChI=1S/C38H48N6O6/c1-38(2,3)43-36(49)31-20-25-14-7-8-15-26(25)22-44(31)37(50)33(46)29(19-23-11-5-4-6-12-23)41-35(48)30(21-32(39)45)42-34(47)28-18-17-24-13-9-10-16-27(24)40-28/h4-6,9-13,16-18,25-26,29-31,33,46H,7-8,14-15,19-22H2,1-3H3,(H2,39,45)(H,41,48)(H,42,47)(H,43,49)/t25-,26+,29+,30+,31+,33+/m1/s1. The van der Waals surface area contributed by atoms with Crippen molar-refractivity contribution in [2.24, 2.45) is 17.6 Å². The molecule has 50 heavy (non-hydrogen) atoms. The van der Waals surface area contributed by atoms with Gasteiger partial charge in [-0.1, -0.05) is 73.9 Å². The van der Waals surface area contributed by atoms with E-state index < -0.39 is 59.8 Å². The highest BCUT2D eigenvalue weighted by Crippen LogP contribution is 2.39. The number of aliphatic hydroxyl groups is 1. The third-order valence-corrected chi connectivity index (χ3v) is 9.60. The Morgan fingerprint density at radius 1 is 0.920 bits per heavy atom. The Hall–Kier alpha value is -4.84. The van der Waals surface area contributed by atoms with Crippen LogP contribution >= 0.6 is 0 Å². The zero-order valence-corrected chi connectivity index (χ0v) is 28.9. The van der Waals surface area contributed by atoms with Gasteiger partial charge in [0.25, 0.3) is 11.8 Å². The smallest absolute Gasteiger partial charge is 0.270 e. The number of primary amides is 1. The predicted molar refractivity (Wildman–Crippen MR) is 188 cm³/mol. The minimum atomic E-state index is -1.74.